The molecule has 0 aromatic heterocycles. The topological polar surface area (TPSA) is 26.0 Å². The summed E-state index contributed by atoms with van der Waals surface area (Å²) in [5, 5.41) is 0. The summed E-state index contributed by atoms with van der Waals surface area (Å²) in [7, 11) is 0. The van der Waals surface area contributed by atoms with Crippen molar-refractivity contribution in [3.05, 3.63) is 34.1 Å². The summed E-state index contributed by atoms with van der Waals surface area (Å²) in [6.07, 6.45) is 2.10. The number of rotatable bonds is 2. The van der Waals surface area contributed by atoms with Crippen LogP contribution in [0.4, 0.5) is 4.39 Å². The average Bonchev–Trinajstić information content (AvgIpc) is 2.83. The van der Waals surface area contributed by atoms with Crippen LogP contribution in [-0.4, -0.2) is 0 Å². The fourth-order valence-electron chi connectivity index (χ4n) is 2.00. The van der Waals surface area contributed by atoms with Crippen molar-refractivity contribution in [3.63, 3.8) is 0 Å². The zero-order chi connectivity index (χ0) is 10.3. The molecule has 2 atom stereocenters. The Morgan fingerprint density at radius 2 is 2.36 bits per heavy atom. The molecule has 0 spiro atoms. The first-order chi connectivity index (χ1) is 6.58. The van der Waals surface area contributed by atoms with Gasteiger partial charge >= 0.3 is 0 Å². The van der Waals surface area contributed by atoms with Crippen LogP contribution in [0.25, 0.3) is 0 Å². The van der Waals surface area contributed by atoms with Crippen molar-refractivity contribution in [2.45, 2.75) is 25.3 Å². The van der Waals surface area contributed by atoms with Crippen LogP contribution < -0.4 is 5.73 Å². The molecule has 1 aromatic rings. The smallest absolute Gasteiger partial charge is 0.137 e. The maximum absolute atomic E-state index is 13.0. The predicted molar refractivity (Wildman–Crippen MR) is 58.4 cm³/mol. The second-order valence-electron chi connectivity index (χ2n) is 3.98. The monoisotopic (exact) mass is 257 g/mol. The summed E-state index contributed by atoms with van der Waals surface area (Å²) in [6, 6.07) is 5.06. The van der Waals surface area contributed by atoms with Crippen molar-refractivity contribution in [1.29, 1.82) is 0 Å². The van der Waals surface area contributed by atoms with E-state index in [2.05, 4.69) is 22.9 Å². The highest BCUT2D eigenvalue weighted by atomic mass is 79.9. The lowest BCUT2D eigenvalue weighted by Crippen LogP contribution is -2.22. The van der Waals surface area contributed by atoms with Crippen molar-refractivity contribution < 1.29 is 4.39 Å². The molecule has 76 valence electrons. The normalized spacial score (nSPS) is 30.4. The molecule has 1 aromatic carbocycles. The van der Waals surface area contributed by atoms with Gasteiger partial charge in [-0.2, -0.15) is 0 Å². The van der Waals surface area contributed by atoms with Crippen LogP contribution in [0, 0.1) is 11.7 Å². The average molecular weight is 258 g/mol. The minimum Gasteiger partial charge on any atom is -0.321 e. The fourth-order valence-corrected chi connectivity index (χ4v) is 2.38. The molecule has 2 N–H and O–H groups in total. The Morgan fingerprint density at radius 1 is 1.64 bits per heavy atom. The van der Waals surface area contributed by atoms with Crippen LogP contribution in [0.1, 0.15) is 25.3 Å². The Bertz CT molecular complexity index is 366. The molecule has 0 heterocycles. The summed E-state index contributed by atoms with van der Waals surface area (Å²) < 4.78 is 13.5. The molecule has 1 saturated carbocycles. The van der Waals surface area contributed by atoms with Gasteiger partial charge in [-0.15, -0.1) is 0 Å². The van der Waals surface area contributed by atoms with Crippen LogP contribution in [0.5, 0.6) is 0 Å². The van der Waals surface area contributed by atoms with E-state index in [1.807, 2.05) is 0 Å². The van der Waals surface area contributed by atoms with Crippen molar-refractivity contribution >= 4 is 15.9 Å². The van der Waals surface area contributed by atoms with Gasteiger partial charge in [0.25, 0.3) is 0 Å². The van der Waals surface area contributed by atoms with Gasteiger partial charge in [-0.25, -0.2) is 4.39 Å². The van der Waals surface area contributed by atoms with E-state index in [-0.39, 0.29) is 11.4 Å². The van der Waals surface area contributed by atoms with Crippen molar-refractivity contribution in [1.82, 2.24) is 0 Å². The van der Waals surface area contributed by atoms with E-state index in [4.69, 9.17) is 5.73 Å². The first-order valence-electron chi connectivity index (χ1n) is 4.82. The number of nitrogens with two attached hydrogens (primary N) is 1. The molecule has 0 aliphatic heterocycles. The fraction of sp³-hybridized carbons (Fsp3) is 0.455. The van der Waals surface area contributed by atoms with Gasteiger partial charge in [0.2, 0.25) is 0 Å². The van der Waals surface area contributed by atoms with Gasteiger partial charge in [0, 0.05) is 5.54 Å². The summed E-state index contributed by atoms with van der Waals surface area (Å²) in [5.41, 5.74) is 7.03. The molecule has 1 aliphatic rings. The van der Waals surface area contributed by atoms with Gasteiger partial charge < -0.3 is 5.73 Å². The molecule has 1 nitrogen and oxygen atoms in total. The lowest BCUT2D eigenvalue weighted by Gasteiger charge is -2.12. The van der Waals surface area contributed by atoms with Crippen molar-refractivity contribution in [2.75, 3.05) is 0 Å². The summed E-state index contributed by atoms with van der Waals surface area (Å²) in [5.74, 6) is 0.325. The first kappa shape index (κ1) is 10.1. The van der Waals surface area contributed by atoms with E-state index in [1.165, 1.54) is 6.07 Å². The van der Waals surface area contributed by atoms with E-state index in [0.29, 0.717) is 10.4 Å². The standard InChI is InChI=1S/C11H13BrFN/c1-2-7-6-11(7,14)8-3-4-10(13)9(12)5-8/h3-5,7H,2,6,14H2,1H3. The molecule has 3 heteroatoms. The van der Waals surface area contributed by atoms with E-state index in [9.17, 15) is 4.39 Å². The van der Waals surface area contributed by atoms with Gasteiger partial charge in [-0.1, -0.05) is 19.4 Å². The molecule has 1 aliphatic carbocycles. The Labute approximate surface area is 91.6 Å². The quantitative estimate of drug-likeness (QED) is 0.866. The minimum absolute atomic E-state index is 0.203. The largest absolute Gasteiger partial charge is 0.321 e. The molecule has 0 radical (unpaired) electrons. The predicted octanol–water partition coefficient (Wildman–Crippen LogP) is 3.17. The van der Waals surface area contributed by atoms with Gasteiger partial charge in [0.1, 0.15) is 5.82 Å². The molecular formula is C11H13BrFN. The molecule has 2 rings (SSSR count). The van der Waals surface area contributed by atoms with E-state index >= 15 is 0 Å². The molecule has 1 fully saturated rings. The summed E-state index contributed by atoms with van der Waals surface area (Å²) in [4.78, 5) is 0. The molecule has 2 unspecified atom stereocenters. The van der Waals surface area contributed by atoms with Crippen LogP contribution in [0.2, 0.25) is 0 Å². The Balaban J connectivity index is 2.31. The van der Waals surface area contributed by atoms with E-state index in [0.717, 1.165) is 18.4 Å². The summed E-state index contributed by atoms with van der Waals surface area (Å²) in [6.45, 7) is 2.14. The number of hydrogen-bond acceptors (Lipinski definition) is 1. The molecule has 0 saturated heterocycles. The van der Waals surface area contributed by atoms with E-state index < -0.39 is 0 Å². The van der Waals surface area contributed by atoms with Crippen LogP contribution >= 0.6 is 15.9 Å². The highest BCUT2D eigenvalue weighted by Crippen LogP contribution is 2.51. The van der Waals surface area contributed by atoms with Gasteiger partial charge in [-0.05, 0) is 46.0 Å². The molecule has 14 heavy (non-hydrogen) atoms. The zero-order valence-corrected chi connectivity index (χ0v) is 9.64. The highest BCUT2D eigenvalue weighted by Gasteiger charge is 2.50. The molecule has 0 bridgehead atoms. The third kappa shape index (κ3) is 1.48. The van der Waals surface area contributed by atoms with Gasteiger partial charge in [-0.3, -0.25) is 0 Å². The highest BCUT2D eigenvalue weighted by molar-refractivity contribution is 9.10. The summed E-state index contributed by atoms with van der Waals surface area (Å²) >= 11 is 3.18. The molecule has 0 amide bonds. The number of halogens is 2. The van der Waals surface area contributed by atoms with Crippen LogP contribution in [0.3, 0.4) is 0 Å². The SMILES string of the molecule is CCC1CC1(N)c1ccc(F)c(Br)c1. The molecular weight excluding hydrogens is 245 g/mol. The Morgan fingerprint density at radius 3 is 2.86 bits per heavy atom. The Hall–Kier alpha value is -0.410. The minimum atomic E-state index is -0.231. The van der Waals surface area contributed by atoms with Crippen LogP contribution in [-0.2, 0) is 5.54 Å². The number of hydrogen-bond donors (Lipinski definition) is 1. The first-order valence-corrected chi connectivity index (χ1v) is 5.61. The zero-order valence-electron chi connectivity index (χ0n) is 8.06. The lowest BCUT2D eigenvalue weighted by molar-refractivity contribution is 0.600. The van der Waals surface area contributed by atoms with Gasteiger partial charge in [0.05, 0.1) is 4.47 Å². The van der Waals surface area contributed by atoms with Gasteiger partial charge in [0.15, 0.2) is 0 Å². The maximum Gasteiger partial charge on any atom is 0.137 e. The second kappa shape index (κ2) is 3.31. The van der Waals surface area contributed by atoms with E-state index in [1.54, 1.807) is 12.1 Å². The third-order valence-electron chi connectivity index (χ3n) is 3.10. The maximum atomic E-state index is 13.0. The van der Waals surface area contributed by atoms with Crippen LogP contribution in [0.15, 0.2) is 22.7 Å². The van der Waals surface area contributed by atoms with Crippen molar-refractivity contribution in [2.24, 2.45) is 11.7 Å². The van der Waals surface area contributed by atoms with Crippen molar-refractivity contribution in [3.8, 4) is 0 Å². The third-order valence-corrected chi connectivity index (χ3v) is 3.71. The lowest BCUT2D eigenvalue weighted by atomic mass is 10.0. The number of benzene rings is 1. The second-order valence-corrected chi connectivity index (χ2v) is 4.83. The Kier molecular flexibility index (Phi) is 2.40.